The third-order valence-electron chi connectivity index (χ3n) is 4.34. The molecule has 0 aromatic heterocycles. The number of carbonyl (C=O) groups excluding carboxylic acids is 1. The number of nitrogens with zero attached hydrogens (tertiary/aromatic N) is 1. The van der Waals surface area contributed by atoms with E-state index in [1.807, 2.05) is 31.2 Å². The summed E-state index contributed by atoms with van der Waals surface area (Å²) in [6.07, 6.45) is 4.97. The first-order valence-electron chi connectivity index (χ1n) is 8.02. The second kappa shape index (κ2) is 6.87. The van der Waals surface area contributed by atoms with E-state index in [1.54, 1.807) is 30.2 Å². The highest BCUT2D eigenvalue weighted by Gasteiger charge is 2.27. The molecule has 0 N–H and O–H groups in total. The number of ether oxygens (including phenoxy) is 1. The van der Waals surface area contributed by atoms with Gasteiger partial charge >= 0.3 is 0 Å². The summed E-state index contributed by atoms with van der Waals surface area (Å²) in [5.74, 6) is 0.425. The first-order chi connectivity index (χ1) is 11.6. The lowest BCUT2D eigenvalue weighted by Crippen LogP contribution is -2.41. The van der Waals surface area contributed by atoms with E-state index in [0.29, 0.717) is 0 Å². The van der Waals surface area contributed by atoms with Gasteiger partial charge in [-0.3, -0.25) is 4.79 Å². The van der Waals surface area contributed by atoms with E-state index in [1.165, 1.54) is 12.1 Å². The molecule has 0 unspecified atom stereocenters. The minimum Gasteiger partial charge on any atom is -0.497 e. The highest BCUT2D eigenvalue weighted by atomic mass is 19.1. The number of fused-ring (bicyclic) bond motifs is 1. The lowest BCUT2D eigenvalue weighted by Gasteiger charge is -2.34. The molecule has 0 saturated carbocycles. The van der Waals surface area contributed by atoms with E-state index in [4.69, 9.17) is 4.74 Å². The number of anilines is 1. The van der Waals surface area contributed by atoms with Crippen LogP contribution in [0.3, 0.4) is 0 Å². The fourth-order valence-corrected chi connectivity index (χ4v) is 3.02. The van der Waals surface area contributed by atoms with Crippen LogP contribution in [0.4, 0.5) is 10.1 Å². The summed E-state index contributed by atoms with van der Waals surface area (Å²) in [6.45, 7) is 2.02. The predicted octanol–water partition coefficient (Wildman–Crippen LogP) is 4.22. The maximum atomic E-state index is 13.4. The van der Waals surface area contributed by atoms with Crippen molar-refractivity contribution in [2.75, 3.05) is 12.0 Å². The fourth-order valence-electron chi connectivity index (χ4n) is 3.02. The van der Waals surface area contributed by atoms with Crippen LogP contribution < -0.4 is 9.64 Å². The fraction of sp³-hybridized carbons (Fsp3) is 0.250. The van der Waals surface area contributed by atoms with Crippen LogP contribution in [-0.2, 0) is 11.2 Å². The van der Waals surface area contributed by atoms with E-state index in [0.717, 1.165) is 35.4 Å². The maximum absolute atomic E-state index is 13.4. The molecule has 3 nitrogen and oxygen atoms in total. The Morgan fingerprint density at radius 1 is 1.25 bits per heavy atom. The zero-order chi connectivity index (χ0) is 17.1. The Balaban J connectivity index is 1.82. The molecule has 1 aliphatic heterocycles. The number of rotatable bonds is 3. The van der Waals surface area contributed by atoms with Crippen molar-refractivity contribution < 1.29 is 13.9 Å². The first kappa shape index (κ1) is 16.2. The van der Waals surface area contributed by atoms with E-state index in [-0.39, 0.29) is 17.8 Å². The molecule has 0 saturated heterocycles. The highest BCUT2D eigenvalue weighted by molar-refractivity contribution is 6.05. The van der Waals surface area contributed by atoms with Crippen molar-refractivity contribution in [3.05, 3.63) is 65.5 Å². The van der Waals surface area contributed by atoms with Gasteiger partial charge in [-0.1, -0.05) is 12.1 Å². The molecule has 3 rings (SSSR count). The number of carbonyl (C=O) groups is 1. The molecular weight excluding hydrogens is 305 g/mol. The Labute approximate surface area is 141 Å². The standard InChI is InChI=1S/C20H20FNO2/c1-14-3-7-16-13-17(21)8-11-19(16)22(14)20(23)12-6-15-4-9-18(24-2)10-5-15/h4-6,8-14H,3,7H2,1-2H3/b12-6-/t14-/m0/s1. The summed E-state index contributed by atoms with van der Waals surface area (Å²) in [7, 11) is 1.62. The van der Waals surface area contributed by atoms with Crippen molar-refractivity contribution in [1.29, 1.82) is 0 Å². The topological polar surface area (TPSA) is 29.5 Å². The predicted molar refractivity (Wildman–Crippen MR) is 93.7 cm³/mol. The molecular formula is C20H20FNO2. The van der Waals surface area contributed by atoms with Crippen molar-refractivity contribution in [2.45, 2.75) is 25.8 Å². The summed E-state index contributed by atoms with van der Waals surface area (Å²) >= 11 is 0. The van der Waals surface area contributed by atoms with Crippen LogP contribution >= 0.6 is 0 Å². The molecule has 0 bridgehead atoms. The van der Waals surface area contributed by atoms with Crippen LogP contribution in [0.5, 0.6) is 5.75 Å². The van der Waals surface area contributed by atoms with Crippen LogP contribution in [0.1, 0.15) is 24.5 Å². The molecule has 2 aromatic carbocycles. The molecule has 24 heavy (non-hydrogen) atoms. The van der Waals surface area contributed by atoms with E-state index in [9.17, 15) is 9.18 Å². The lowest BCUT2D eigenvalue weighted by molar-refractivity contribution is -0.114. The Kier molecular flexibility index (Phi) is 4.65. The van der Waals surface area contributed by atoms with Crippen LogP contribution in [0.25, 0.3) is 6.08 Å². The molecule has 0 fully saturated rings. The van der Waals surface area contributed by atoms with E-state index >= 15 is 0 Å². The average molecular weight is 325 g/mol. The number of methoxy groups -OCH3 is 1. The molecule has 4 heteroatoms. The van der Waals surface area contributed by atoms with Crippen LogP contribution in [0, 0.1) is 5.82 Å². The molecule has 0 spiro atoms. The minimum atomic E-state index is -0.260. The second-order valence-electron chi connectivity index (χ2n) is 5.98. The van der Waals surface area contributed by atoms with Crippen molar-refractivity contribution in [3.63, 3.8) is 0 Å². The summed E-state index contributed by atoms with van der Waals surface area (Å²) < 4.78 is 18.5. The number of halogens is 1. The second-order valence-corrected chi connectivity index (χ2v) is 5.98. The Morgan fingerprint density at radius 3 is 2.71 bits per heavy atom. The Bertz CT molecular complexity index is 768. The largest absolute Gasteiger partial charge is 0.497 e. The van der Waals surface area contributed by atoms with E-state index in [2.05, 4.69) is 0 Å². The van der Waals surface area contributed by atoms with Crippen LogP contribution in [-0.4, -0.2) is 19.1 Å². The monoisotopic (exact) mass is 325 g/mol. The van der Waals surface area contributed by atoms with Gasteiger partial charge in [-0.05, 0) is 67.3 Å². The number of benzene rings is 2. The van der Waals surface area contributed by atoms with Gasteiger partial charge in [0.1, 0.15) is 11.6 Å². The van der Waals surface area contributed by atoms with Crippen molar-refractivity contribution in [2.24, 2.45) is 0 Å². The molecule has 0 aliphatic carbocycles. The normalized spacial score (nSPS) is 17.0. The van der Waals surface area contributed by atoms with Crippen molar-refractivity contribution in [1.82, 2.24) is 0 Å². The Hall–Kier alpha value is -2.62. The number of hydrogen-bond donors (Lipinski definition) is 0. The first-order valence-corrected chi connectivity index (χ1v) is 8.02. The SMILES string of the molecule is COc1ccc(/C=C\C(=O)N2c3ccc(F)cc3CC[C@@H]2C)cc1. The summed E-state index contributed by atoms with van der Waals surface area (Å²) in [5.41, 5.74) is 2.62. The summed E-state index contributed by atoms with van der Waals surface area (Å²) in [4.78, 5) is 14.4. The molecule has 0 radical (unpaired) electrons. The quantitative estimate of drug-likeness (QED) is 0.791. The smallest absolute Gasteiger partial charge is 0.251 e. The number of aryl methyl sites for hydroxylation is 1. The third-order valence-corrected chi connectivity index (χ3v) is 4.34. The Morgan fingerprint density at radius 2 is 2.00 bits per heavy atom. The van der Waals surface area contributed by atoms with Gasteiger partial charge in [0, 0.05) is 17.8 Å². The van der Waals surface area contributed by atoms with Gasteiger partial charge in [-0.25, -0.2) is 4.39 Å². The zero-order valence-electron chi connectivity index (χ0n) is 13.8. The van der Waals surface area contributed by atoms with Gasteiger partial charge in [-0.2, -0.15) is 0 Å². The molecule has 1 heterocycles. The van der Waals surface area contributed by atoms with Crippen LogP contribution in [0.15, 0.2) is 48.5 Å². The van der Waals surface area contributed by atoms with Gasteiger partial charge in [0.25, 0.3) is 5.91 Å². The summed E-state index contributed by atoms with van der Waals surface area (Å²) in [6, 6.07) is 12.2. The van der Waals surface area contributed by atoms with Crippen molar-refractivity contribution >= 4 is 17.7 Å². The van der Waals surface area contributed by atoms with Gasteiger partial charge in [0.2, 0.25) is 0 Å². The molecule has 1 aliphatic rings. The number of amides is 1. The molecule has 1 amide bonds. The van der Waals surface area contributed by atoms with E-state index < -0.39 is 0 Å². The third kappa shape index (κ3) is 3.32. The van der Waals surface area contributed by atoms with Crippen LogP contribution in [0.2, 0.25) is 0 Å². The number of hydrogen-bond acceptors (Lipinski definition) is 2. The minimum absolute atomic E-state index is 0.0918. The zero-order valence-corrected chi connectivity index (χ0v) is 13.8. The lowest BCUT2D eigenvalue weighted by atomic mass is 9.96. The maximum Gasteiger partial charge on any atom is 0.251 e. The average Bonchev–Trinajstić information content (AvgIpc) is 2.60. The van der Waals surface area contributed by atoms with Gasteiger partial charge < -0.3 is 9.64 Å². The van der Waals surface area contributed by atoms with Gasteiger partial charge in [-0.15, -0.1) is 0 Å². The van der Waals surface area contributed by atoms with Gasteiger partial charge in [0.15, 0.2) is 0 Å². The molecule has 124 valence electrons. The van der Waals surface area contributed by atoms with Gasteiger partial charge in [0.05, 0.1) is 7.11 Å². The molecule has 1 atom stereocenters. The molecule has 2 aromatic rings. The summed E-state index contributed by atoms with van der Waals surface area (Å²) in [5, 5.41) is 0. The highest BCUT2D eigenvalue weighted by Crippen LogP contribution is 2.31. The van der Waals surface area contributed by atoms with Crippen molar-refractivity contribution in [3.8, 4) is 5.75 Å².